The van der Waals surface area contributed by atoms with E-state index >= 15 is 0 Å². The number of rotatable bonds is 2. The molecular weight excluding hydrogens is 324 g/mol. The summed E-state index contributed by atoms with van der Waals surface area (Å²) in [5.41, 5.74) is 2.01. The molecule has 0 saturated carbocycles. The molecule has 1 unspecified atom stereocenters. The molecule has 0 saturated heterocycles. The Labute approximate surface area is 133 Å². The molecule has 5 heteroatoms. The normalized spacial score (nSPS) is 19.5. The summed E-state index contributed by atoms with van der Waals surface area (Å²) in [6, 6.07) is 5.85. The van der Waals surface area contributed by atoms with Crippen LogP contribution in [0.3, 0.4) is 0 Å². The third-order valence-corrected chi connectivity index (χ3v) is 4.53. The molecule has 1 aromatic carbocycles. The number of halogens is 4. The van der Waals surface area contributed by atoms with Crippen molar-refractivity contribution in [1.82, 2.24) is 0 Å². The van der Waals surface area contributed by atoms with Gasteiger partial charge in [0.2, 0.25) is 0 Å². The zero-order chi connectivity index (χ0) is 14.2. The molecule has 0 spiro atoms. The Balaban J connectivity index is 2.44. The molecule has 0 fully saturated rings. The number of allylic oxidation sites excluding steroid dienone is 4. The van der Waals surface area contributed by atoms with Crippen LogP contribution in [0.4, 0.5) is 5.69 Å². The van der Waals surface area contributed by atoms with Gasteiger partial charge in [0.25, 0.3) is 0 Å². The van der Waals surface area contributed by atoms with Crippen LogP contribution in [-0.4, -0.2) is 14.1 Å². The molecule has 0 N–H and O–H groups in total. The fourth-order valence-corrected chi connectivity index (χ4v) is 3.20. The summed E-state index contributed by atoms with van der Waals surface area (Å²) >= 11 is 24.7. The van der Waals surface area contributed by atoms with Crippen molar-refractivity contribution in [1.29, 1.82) is 0 Å². The molecular formula is C14H13Cl4N. The lowest BCUT2D eigenvalue weighted by Crippen LogP contribution is -2.11. The van der Waals surface area contributed by atoms with Gasteiger partial charge in [-0.1, -0.05) is 52.5 Å². The third-order valence-electron chi connectivity index (χ3n) is 3.07. The molecule has 1 aliphatic carbocycles. The van der Waals surface area contributed by atoms with Crippen LogP contribution in [0.1, 0.15) is 17.9 Å². The van der Waals surface area contributed by atoms with Crippen molar-refractivity contribution in [3.63, 3.8) is 0 Å². The van der Waals surface area contributed by atoms with E-state index in [-0.39, 0.29) is 5.92 Å². The highest BCUT2D eigenvalue weighted by Crippen LogP contribution is 2.43. The summed E-state index contributed by atoms with van der Waals surface area (Å²) in [4.78, 5) is 1.96. The molecule has 0 radical (unpaired) electrons. The van der Waals surface area contributed by atoms with Crippen molar-refractivity contribution in [2.24, 2.45) is 0 Å². The maximum Gasteiger partial charge on any atom is 0.0639 e. The van der Waals surface area contributed by atoms with Gasteiger partial charge < -0.3 is 4.90 Å². The maximum atomic E-state index is 6.30. The number of anilines is 1. The van der Waals surface area contributed by atoms with Gasteiger partial charge in [-0.05, 0) is 30.2 Å². The van der Waals surface area contributed by atoms with Crippen molar-refractivity contribution in [3.05, 3.63) is 50.0 Å². The van der Waals surface area contributed by atoms with E-state index in [0.29, 0.717) is 26.5 Å². The average molecular weight is 337 g/mol. The van der Waals surface area contributed by atoms with Crippen molar-refractivity contribution in [3.8, 4) is 0 Å². The molecule has 1 aliphatic rings. The predicted molar refractivity (Wildman–Crippen MR) is 85.8 cm³/mol. The summed E-state index contributed by atoms with van der Waals surface area (Å²) in [5, 5.41) is 2.54. The number of hydrogen-bond acceptors (Lipinski definition) is 1. The largest absolute Gasteiger partial charge is 0.376 e. The first-order valence-corrected chi connectivity index (χ1v) is 7.29. The Kier molecular flexibility index (Phi) is 4.73. The maximum absolute atomic E-state index is 6.30. The lowest BCUT2D eigenvalue weighted by molar-refractivity contribution is 0.823. The van der Waals surface area contributed by atoms with Crippen LogP contribution >= 0.6 is 46.4 Å². The van der Waals surface area contributed by atoms with Gasteiger partial charge in [0.05, 0.1) is 15.7 Å². The Morgan fingerprint density at radius 2 is 1.79 bits per heavy atom. The summed E-state index contributed by atoms with van der Waals surface area (Å²) in [7, 11) is 3.90. The first-order chi connectivity index (χ1) is 8.90. The van der Waals surface area contributed by atoms with E-state index in [4.69, 9.17) is 46.4 Å². The lowest BCUT2D eigenvalue weighted by Gasteiger charge is -2.23. The average Bonchev–Trinajstić information content (AvgIpc) is 2.34. The van der Waals surface area contributed by atoms with Crippen LogP contribution in [0.15, 0.2) is 39.4 Å². The van der Waals surface area contributed by atoms with Gasteiger partial charge in [0, 0.05) is 30.1 Å². The Bertz CT molecular complexity index is 561. The second-order valence-corrected chi connectivity index (χ2v) is 6.36. The van der Waals surface area contributed by atoms with Crippen LogP contribution in [0, 0.1) is 0 Å². The Morgan fingerprint density at radius 1 is 1.11 bits per heavy atom. The predicted octanol–water partition coefficient (Wildman–Crippen LogP) is 5.71. The molecule has 102 valence electrons. The van der Waals surface area contributed by atoms with Crippen molar-refractivity contribution < 1.29 is 0 Å². The van der Waals surface area contributed by atoms with Gasteiger partial charge in [-0.25, -0.2) is 0 Å². The molecule has 0 amide bonds. The van der Waals surface area contributed by atoms with Gasteiger partial charge in [0.15, 0.2) is 0 Å². The van der Waals surface area contributed by atoms with Crippen molar-refractivity contribution in [2.75, 3.05) is 19.0 Å². The summed E-state index contributed by atoms with van der Waals surface area (Å²) in [5.74, 6) is -0.0115. The second kappa shape index (κ2) is 5.97. The van der Waals surface area contributed by atoms with E-state index < -0.39 is 0 Å². The fraction of sp³-hybridized carbons (Fsp3) is 0.286. The molecule has 1 atom stereocenters. The van der Waals surface area contributed by atoms with Gasteiger partial charge in [-0.15, -0.1) is 0 Å². The fourth-order valence-electron chi connectivity index (χ4n) is 2.07. The first kappa shape index (κ1) is 15.1. The molecule has 2 rings (SSSR count). The van der Waals surface area contributed by atoms with Gasteiger partial charge in [0.1, 0.15) is 0 Å². The van der Waals surface area contributed by atoms with Crippen LogP contribution in [0.25, 0.3) is 0 Å². The molecule has 1 nitrogen and oxygen atoms in total. The molecule has 0 aliphatic heterocycles. The minimum atomic E-state index is -0.0115. The van der Waals surface area contributed by atoms with E-state index in [1.807, 2.05) is 37.2 Å². The van der Waals surface area contributed by atoms with Gasteiger partial charge >= 0.3 is 0 Å². The van der Waals surface area contributed by atoms with E-state index in [0.717, 1.165) is 11.3 Å². The third kappa shape index (κ3) is 3.22. The number of hydrogen-bond donors (Lipinski definition) is 0. The van der Waals surface area contributed by atoms with E-state index in [1.54, 1.807) is 6.08 Å². The SMILES string of the molecule is CN(C)c1cc(C2CC(Cl)=CC(Cl)=C2Cl)ccc1Cl. The topological polar surface area (TPSA) is 3.24 Å². The standard InChI is InChI=1S/C14H13Cl4N/c1-19(2)13-5-8(3-4-11(13)16)10-6-9(15)7-12(17)14(10)18/h3-5,7,10H,6H2,1-2H3. The van der Waals surface area contributed by atoms with Crippen LogP contribution in [0.2, 0.25) is 5.02 Å². The molecule has 19 heavy (non-hydrogen) atoms. The Morgan fingerprint density at radius 3 is 2.42 bits per heavy atom. The second-order valence-electron chi connectivity index (χ2n) is 4.65. The smallest absolute Gasteiger partial charge is 0.0639 e. The van der Waals surface area contributed by atoms with E-state index in [2.05, 4.69) is 0 Å². The highest BCUT2D eigenvalue weighted by Gasteiger charge is 2.24. The quantitative estimate of drug-likeness (QED) is 0.669. The van der Waals surface area contributed by atoms with Crippen LogP contribution in [-0.2, 0) is 0 Å². The van der Waals surface area contributed by atoms with Crippen LogP contribution < -0.4 is 4.90 Å². The monoisotopic (exact) mass is 335 g/mol. The summed E-state index contributed by atoms with van der Waals surface area (Å²) < 4.78 is 0. The first-order valence-electron chi connectivity index (χ1n) is 5.78. The van der Waals surface area contributed by atoms with Crippen LogP contribution in [0.5, 0.6) is 0 Å². The van der Waals surface area contributed by atoms with E-state index in [9.17, 15) is 0 Å². The highest BCUT2D eigenvalue weighted by atomic mass is 35.5. The summed E-state index contributed by atoms with van der Waals surface area (Å²) in [6.45, 7) is 0. The minimum Gasteiger partial charge on any atom is -0.376 e. The number of nitrogens with zero attached hydrogens (tertiary/aromatic N) is 1. The highest BCUT2D eigenvalue weighted by molar-refractivity contribution is 6.42. The molecule has 1 aromatic rings. The van der Waals surface area contributed by atoms with Crippen molar-refractivity contribution >= 4 is 52.1 Å². The molecule has 0 bridgehead atoms. The lowest BCUT2D eigenvalue weighted by atomic mass is 9.91. The zero-order valence-electron chi connectivity index (χ0n) is 10.6. The number of benzene rings is 1. The van der Waals surface area contributed by atoms with Gasteiger partial charge in [-0.2, -0.15) is 0 Å². The van der Waals surface area contributed by atoms with E-state index in [1.165, 1.54) is 0 Å². The molecule has 0 heterocycles. The minimum absolute atomic E-state index is 0.0115. The summed E-state index contributed by atoms with van der Waals surface area (Å²) in [6.07, 6.45) is 2.36. The van der Waals surface area contributed by atoms with Crippen molar-refractivity contribution in [2.45, 2.75) is 12.3 Å². The zero-order valence-corrected chi connectivity index (χ0v) is 13.6. The van der Waals surface area contributed by atoms with Gasteiger partial charge in [-0.3, -0.25) is 0 Å². The molecule has 0 aromatic heterocycles. The Hall–Kier alpha value is -0.340.